The highest BCUT2D eigenvalue weighted by molar-refractivity contribution is 6.30. The van der Waals surface area contributed by atoms with Gasteiger partial charge in [0.25, 0.3) is 0 Å². The first-order valence-corrected chi connectivity index (χ1v) is 8.85. The van der Waals surface area contributed by atoms with Gasteiger partial charge >= 0.3 is 0 Å². The SMILES string of the molecule is COc1ccc(CCNc2cc(Nc3cccc(Cl)c3)ncn2)cc1OC. The van der Waals surface area contributed by atoms with Crippen LogP contribution in [-0.2, 0) is 6.42 Å². The van der Waals surface area contributed by atoms with Crippen molar-refractivity contribution in [1.29, 1.82) is 0 Å². The van der Waals surface area contributed by atoms with Crippen molar-refractivity contribution in [3.8, 4) is 11.5 Å². The highest BCUT2D eigenvalue weighted by Gasteiger charge is 2.05. The van der Waals surface area contributed by atoms with Crippen LogP contribution in [0.25, 0.3) is 0 Å². The van der Waals surface area contributed by atoms with Crippen molar-refractivity contribution in [3.63, 3.8) is 0 Å². The van der Waals surface area contributed by atoms with Crippen molar-refractivity contribution in [2.24, 2.45) is 0 Å². The van der Waals surface area contributed by atoms with Gasteiger partial charge < -0.3 is 20.1 Å². The average Bonchev–Trinajstić information content (AvgIpc) is 2.68. The van der Waals surface area contributed by atoms with Crippen molar-refractivity contribution < 1.29 is 9.47 Å². The number of hydrogen-bond acceptors (Lipinski definition) is 6. The summed E-state index contributed by atoms with van der Waals surface area (Å²) in [6.45, 7) is 0.725. The van der Waals surface area contributed by atoms with E-state index in [0.717, 1.165) is 41.5 Å². The molecule has 3 rings (SSSR count). The highest BCUT2D eigenvalue weighted by atomic mass is 35.5. The maximum atomic E-state index is 6.01. The summed E-state index contributed by atoms with van der Waals surface area (Å²) in [6, 6.07) is 15.2. The van der Waals surface area contributed by atoms with Gasteiger partial charge in [-0.1, -0.05) is 23.7 Å². The zero-order valence-electron chi connectivity index (χ0n) is 15.2. The quantitative estimate of drug-likeness (QED) is 0.594. The van der Waals surface area contributed by atoms with Gasteiger partial charge in [0.1, 0.15) is 18.0 Å². The van der Waals surface area contributed by atoms with Crippen LogP contribution in [0, 0.1) is 0 Å². The lowest BCUT2D eigenvalue weighted by atomic mass is 10.1. The minimum Gasteiger partial charge on any atom is -0.493 e. The molecule has 0 spiro atoms. The molecule has 0 radical (unpaired) electrons. The summed E-state index contributed by atoms with van der Waals surface area (Å²) in [5.74, 6) is 2.89. The van der Waals surface area contributed by atoms with Crippen LogP contribution in [0.3, 0.4) is 0 Å². The Kier molecular flexibility index (Phi) is 6.33. The van der Waals surface area contributed by atoms with Crippen molar-refractivity contribution in [2.45, 2.75) is 6.42 Å². The Morgan fingerprint density at radius 3 is 2.52 bits per heavy atom. The van der Waals surface area contributed by atoms with Crippen molar-refractivity contribution >= 4 is 28.9 Å². The molecular weight excluding hydrogens is 364 g/mol. The molecule has 0 saturated carbocycles. The van der Waals surface area contributed by atoms with Gasteiger partial charge in [0, 0.05) is 23.3 Å². The smallest absolute Gasteiger partial charge is 0.160 e. The van der Waals surface area contributed by atoms with Gasteiger partial charge in [0.05, 0.1) is 14.2 Å². The summed E-state index contributed by atoms with van der Waals surface area (Å²) in [5, 5.41) is 7.19. The number of benzene rings is 2. The number of ether oxygens (including phenoxy) is 2. The minimum atomic E-state index is 0.669. The fourth-order valence-electron chi connectivity index (χ4n) is 2.61. The van der Waals surface area contributed by atoms with Crippen molar-refractivity contribution in [3.05, 3.63) is 65.4 Å². The van der Waals surface area contributed by atoms with E-state index in [9.17, 15) is 0 Å². The predicted octanol–water partition coefficient (Wildman–Crippen LogP) is 4.55. The second-order valence-corrected chi connectivity index (χ2v) is 6.23. The Balaban J connectivity index is 1.58. The Hall–Kier alpha value is -2.99. The number of aromatic nitrogens is 2. The molecule has 0 unspecified atom stereocenters. The van der Waals surface area contributed by atoms with Crippen molar-refractivity contribution in [2.75, 3.05) is 31.4 Å². The van der Waals surface area contributed by atoms with Gasteiger partial charge in [0.15, 0.2) is 11.5 Å². The lowest BCUT2D eigenvalue weighted by Crippen LogP contribution is -2.07. The molecule has 6 nitrogen and oxygen atoms in total. The molecule has 1 heterocycles. The molecule has 27 heavy (non-hydrogen) atoms. The second kappa shape index (κ2) is 9.09. The van der Waals surface area contributed by atoms with E-state index in [1.165, 1.54) is 6.33 Å². The van der Waals surface area contributed by atoms with Gasteiger partial charge in [-0.25, -0.2) is 9.97 Å². The van der Waals surface area contributed by atoms with E-state index >= 15 is 0 Å². The molecule has 3 aromatic rings. The minimum absolute atomic E-state index is 0.669. The molecule has 0 fully saturated rings. The van der Waals surface area contributed by atoms with Crippen molar-refractivity contribution in [1.82, 2.24) is 9.97 Å². The molecule has 7 heteroatoms. The first-order chi connectivity index (χ1) is 13.2. The van der Waals surface area contributed by atoms with Crippen LogP contribution in [-0.4, -0.2) is 30.7 Å². The van der Waals surface area contributed by atoms with Crippen LogP contribution in [0.4, 0.5) is 17.3 Å². The number of halogens is 1. The summed E-state index contributed by atoms with van der Waals surface area (Å²) < 4.78 is 10.6. The van der Waals surface area contributed by atoms with Crippen LogP contribution < -0.4 is 20.1 Å². The lowest BCUT2D eigenvalue weighted by molar-refractivity contribution is 0.354. The number of anilines is 3. The van der Waals surface area contributed by atoms with E-state index in [2.05, 4.69) is 20.6 Å². The average molecular weight is 385 g/mol. The Labute approximate surface area is 163 Å². The first kappa shape index (κ1) is 18.8. The topological polar surface area (TPSA) is 68.3 Å². The second-order valence-electron chi connectivity index (χ2n) is 5.79. The lowest BCUT2D eigenvalue weighted by Gasteiger charge is -2.11. The highest BCUT2D eigenvalue weighted by Crippen LogP contribution is 2.27. The predicted molar refractivity (Wildman–Crippen MR) is 109 cm³/mol. The third kappa shape index (κ3) is 5.24. The third-order valence-corrected chi connectivity index (χ3v) is 4.17. The molecule has 2 N–H and O–H groups in total. The number of methoxy groups -OCH3 is 2. The van der Waals surface area contributed by atoms with E-state index in [-0.39, 0.29) is 0 Å². The molecule has 2 aromatic carbocycles. The van der Waals surface area contributed by atoms with Gasteiger partial charge in [-0.2, -0.15) is 0 Å². The standard InChI is InChI=1S/C20H21ClN4O2/c1-26-17-7-6-14(10-18(17)27-2)8-9-22-19-12-20(24-13-23-19)25-16-5-3-4-15(21)11-16/h3-7,10-13H,8-9H2,1-2H3,(H2,22,23,24,25). The van der Waals surface area contributed by atoms with Crippen LogP contribution in [0.1, 0.15) is 5.56 Å². The van der Waals surface area contributed by atoms with Gasteiger partial charge in [-0.15, -0.1) is 0 Å². The number of rotatable bonds is 8. The molecular formula is C20H21ClN4O2. The number of nitrogens with zero attached hydrogens (tertiary/aromatic N) is 2. The van der Waals surface area contributed by atoms with Gasteiger partial charge in [-0.05, 0) is 42.3 Å². The summed E-state index contributed by atoms with van der Waals surface area (Å²) in [4.78, 5) is 8.49. The van der Waals surface area contributed by atoms with Crippen LogP contribution >= 0.6 is 11.6 Å². The third-order valence-electron chi connectivity index (χ3n) is 3.93. The Bertz CT molecular complexity index is 905. The number of hydrogen-bond donors (Lipinski definition) is 2. The molecule has 0 aliphatic rings. The fraction of sp³-hybridized carbons (Fsp3) is 0.200. The summed E-state index contributed by atoms with van der Waals surface area (Å²) in [7, 11) is 3.26. The van der Waals surface area contributed by atoms with Crippen LogP contribution in [0.5, 0.6) is 11.5 Å². The summed E-state index contributed by atoms with van der Waals surface area (Å²) in [6.07, 6.45) is 2.34. The molecule has 0 aliphatic carbocycles. The molecule has 0 amide bonds. The number of nitrogens with one attached hydrogen (secondary N) is 2. The van der Waals surface area contributed by atoms with E-state index in [4.69, 9.17) is 21.1 Å². The molecule has 0 bridgehead atoms. The van der Waals surface area contributed by atoms with Gasteiger partial charge in [-0.3, -0.25) is 0 Å². The fourth-order valence-corrected chi connectivity index (χ4v) is 2.80. The zero-order chi connectivity index (χ0) is 19.1. The van der Waals surface area contributed by atoms with E-state index < -0.39 is 0 Å². The molecule has 0 saturated heterocycles. The van der Waals surface area contributed by atoms with E-state index in [1.807, 2.05) is 48.5 Å². The molecule has 0 aliphatic heterocycles. The molecule has 1 aromatic heterocycles. The zero-order valence-corrected chi connectivity index (χ0v) is 16.0. The maximum Gasteiger partial charge on any atom is 0.160 e. The van der Waals surface area contributed by atoms with E-state index in [1.54, 1.807) is 14.2 Å². The van der Waals surface area contributed by atoms with Gasteiger partial charge in [0.2, 0.25) is 0 Å². The summed E-state index contributed by atoms with van der Waals surface area (Å²) in [5.41, 5.74) is 2.02. The molecule has 140 valence electrons. The van der Waals surface area contributed by atoms with Crippen LogP contribution in [0.2, 0.25) is 5.02 Å². The monoisotopic (exact) mass is 384 g/mol. The van der Waals surface area contributed by atoms with E-state index in [0.29, 0.717) is 10.8 Å². The largest absolute Gasteiger partial charge is 0.493 e. The summed E-state index contributed by atoms with van der Waals surface area (Å²) >= 11 is 6.01. The Morgan fingerprint density at radius 1 is 0.926 bits per heavy atom. The Morgan fingerprint density at radius 2 is 1.74 bits per heavy atom. The molecule has 0 atom stereocenters. The van der Waals surface area contributed by atoms with Crippen LogP contribution in [0.15, 0.2) is 54.9 Å². The normalized spacial score (nSPS) is 10.3. The maximum absolute atomic E-state index is 6.01. The first-order valence-electron chi connectivity index (χ1n) is 8.47.